The molecule has 6 nitrogen and oxygen atoms in total. The Bertz CT molecular complexity index is 828. The zero-order valence-electron chi connectivity index (χ0n) is 15.7. The van der Waals surface area contributed by atoms with Crippen LogP contribution in [-0.4, -0.2) is 42.4 Å². The Labute approximate surface area is 155 Å². The molecule has 0 N–H and O–H groups in total. The molecule has 0 fully saturated rings. The number of carbonyl (C=O) groups excluding carboxylic acids is 1. The zero-order valence-corrected chi connectivity index (χ0v) is 16.5. The summed E-state index contributed by atoms with van der Waals surface area (Å²) in [5, 5.41) is 0. The van der Waals surface area contributed by atoms with E-state index in [1.165, 1.54) is 4.31 Å². The molecule has 7 heteroatoms. The number of sulfonamides is 1. The molecule has 0 aliphatic rings. The highest BCUT2D eigenvalue weighted by Gasteiger charge is 2.26. The van der Waals surface area contributed by atoms with Gasteiger partial charge in [-0.3, -0.25) is 4.79 Å². The molecule has 0 unspecified atom stereocenters. The Morgan fingerprint density at radius 1 is 1.08 bits per heavy atom. The zero-order chi connectivity index (χ0) is 19.3. The van der Waals surface area contributed by atoms with Gasteiger partial charge in [0.2, 0.25) is 15.9 Å². The number of rotatable bonds is 8. The maximum Gasteiger partial charge on any atom is 0.238 e. The first kappa shape index (κ1) is 20.2. The van der Waals surface area contributed by atoms with E-state index in [0.717, 1.165) is 17.6 Å². The first-order valence-corrected chi connectivity index (χ1v) is 10.4. The van der Waals surface area contributed by atoms with Gasteiger partial charge < -0.3 is 9.32 Å². The number of hydrogen-bond donors (Lipinski definition) is 0. The lowest BCUT2D eigenvalue weighted by molar-refractivity contribution is -0.133. The highest BCUT2D eigenvalue weighted by molar-refractivity contribution is 7.88. The number of nitrogens with zero attached hydrogens (tertiary/aromatic N) is 2. The second-order valence-electron chi connectivity index (χ2n) is 6.65. The van der Waals surface area contributed by atoms with E-state index in [0.29, 0.717) is 12.3 Å². The van der Waals surface area contributed by atoms with Crippen LogP contribution in [0, 0.1) is 6.92 Å². The van der Waals surface area contributed by atoms with Gasteiger partial charge in [0.1, 0.15) is 11.5 Å². The summed E-state index contributed by atoms with van der Waals surface area (Å²) in [6.07, 6.45) is 1.12. The van der Waals surface area contributed by atoms with Gasteiger partial charge in [0.25, 0.3) is 0 Å². The summed E-state index contributed by atoms with van der Waals surface area (Å²) < 4.78 is 30.8. The van der Waals surface area contributed by atoms with E-state index in [2.05, 4.69) is 0 Å². The van der Waals surface area contributed by atoms with E-state index in [1.54, 1.807) is 18.7 Å². The second-order valence-corrected chi connectivity index (χ2v) is 8.58. The first-order chi connectivity index (χ1) is 12.2. The number of benzene rings is 1. The first-order valence-electron chi connectivity index (χ1n) is 8.50. The monoisotopic (exact) mass is 378 g/mol. The van der Waals surface area contributed by atoms with Crippen molar-refractivity contribution in [2.75, 3.05) is 12.8 Å². The fourth-order valence-electron chi connectivity index (χ4n) is 2.71. The van der Waals surface area contributed by atoms with Crippen molar-refractivity contribution in [3.8, 4) is 0 Å². The standard InChI is InChI=1S/C19H26N2O4S/c1-15(2)21(26(4,23)24)14-19(22)20(12-17-8-6-5-7-9-17)13-18-11-10-16(3)25-18/h5-11,15H,12-14H2,1-4H3. The van der Waals surface area contributed by atoms with E-state index in [9.17, 15) is 13.2 Å². The molecule has 0 saturated carbocycles. The van der Waals surface area contributed by atoms with Gasteiger partial charge in [0.05, 0.1) is 19.3 Å². The van der Waals surface area contributed by atoms with Crippen molar-refractivity contribution in [2.24, 2.45) is 0 Å². The quantitative estimate of drug-likeness (QED) is 0.708. The van der Waals surface area contributed by atoms with Crippen molar-refractivity contribution < 1.29 is 17.6 Å². The van der Waals surface area contributed by atoms with Crippen LogP contribution in [0.15, 0.2) is 46.9 Å². The molecule has 0 atom stereocenters. The van der Waals surface area contributed by atoms with Gasteiger partial charge in [-0.15, -0.1) is 0 Å². The third kappa shape index (κ3) is 5.71. The van der Waals surface area contributed by atoms with Crippen LogP contribution < -0.4 is 0 Å². The van der Waals surface area contributed by atoms with Crippen LogP contribution in [0.4, 0.5) is 0 Å². The molecular formula is C19H26N2O4S. The average molecular weight is 378 g/mol. The maximum atomic E-state index is 12.9. The Morgan fingerprint density at radius 2 is 1.73 bits per heavy atom. The van der Waals surface area contributed by atoms with Crippen molar-refractivity contribution >= 4 is 15.9 Å². The Balaban J connectivity index is 2.22. The molecule has 1 heterocycles. The van der Waals surface area contributed by atoms with Crippen LogP contribution in [-0.2, 0) is 27.9 Å². The van der Waals surface area contributed by atoms with Crippen molar-refractivity contribution in [1.82, 2.24) is 9.21 Å². The minimum atomic E-state index is -3.47. The van der Waals surface area contributed by atoms with Gasteiger partial charge in [-0.25, -0.2) is 8.42 Å². The number of furan rings is 1. The Hall–Kier alpha value is -2.12. The van der Waals surface area contributed by atoms with Gasteiger partial charge >= 0.3 is 0 Å². The maximum absolute atomic E-state index is 12.9. The third-order valence-electron chi connectivity index (χ3n) is 4.00. The minimum Gasteiger partial charge on any atom is -0.464 e. The van der Waals surface area contributed by atoms with Crippen LogP contribution in [0.3, 0.4) is 0 Å². The minimum absolute atomic E-state index is 0.191. The molecule has 0 bridgehead atoms. The summed E-state index contributed by atoms with van der Waals surface area (Å²) in [7, 11) is -3.47. The lowest BCUT2D eigenvalue weighted by Crippen LogP contribution is -2.45. The van der Waals surface area contributed by atoms with Crippen LogP contribution in [0.1, 0.15) is 30.9 Å². The molecule has 0 radical (unpaired) electrons. The van der Waals surface area contributed by atoms with E-state index in [1.807, 2.05) is 49.4 Å². The van der Waals surface area contributed by atoms with Crippen molar-refractivity contribution in [3.63, 3.8) is 0 Å². The number of aryl methyl sites for hydroxylation is 1. The molecule has 0 aliphatic heterocycles. The number of amides is 1. The third-order valence-corrected chi connectivity index (χ3v) is 5.41. The van der Waals surface area contributed by atoms with Crippen LogP contribution in [0.5, 0.6) is 0 Å². The molecule has 0 saturated heterocycles. The molecule has 26 heavy (non-hydrogen) atoms. The molecule has 1 amide bonds. The molecule has 0 spiro atoms. The molecule has 2 rings (SSSR count). The van der Waals surface area contributed by atoms with Crippen LogP contribution >= 0.6 is 0 Å². The van der Waals surface area contributed by atoms with E-state index in [4.69, 9.17) is 4.42 Å². The molecule has 2 aromatic rings. The van der Waals surface area contributed by atoms with E-state index in [-0.39, 0.29) is 25.0 Å². The predicted molar refractivity (Wildman–Crippen MR) is 101 cm³/mol. The predicted octanol–water partition coefficient (Wildman–Crippen LogP) is 2.79. The molecule has 1 aromatic heterocycles. The fourth-order valence-corrected chi connectivity index (χ4v) is 3.82. The number of carbonyl (C=O) groups is 1. The summed E-state index contributed by atoms with van der Waals surface area (Å²) in [5.41, 5.74) is 0.972. The number of hydrogen-bond acceptors (Lipinski definition) is 4. The summed E-state index contributed by atoms with van der Waals surface area (Å²) >= 11 is 0. The molecule has 142 valence electrons. The molecule has 1 aromatic carbocycles. The summed E-state index contributed by atoms with van der Waals surface area (Å²) in [5.74, 6) is 1.18. The lowest BCUT2D eigenvalue weighted by Gasteiger charge is -2.28. The summed E-state index contributed by atoms with van der Waals surface area (Å²) in [6.45, 7) is 5.84. The summed E-state index contributed by atoms with van der Waals surface area (Å²) in [6, 6.07) is 13.0. The van der Waals surface area contributed by atoms with Crippen molar-refractivity contribution in [3.05, 3.63) is 59.5 Å². The Morgan fingerprint density at radius 3 is 2.23 bits per heavy atom. The topological polar surface area (TPSA) is 70.8 Å². The van der Waals surface area contributed by atoms with Crippen LogP contribution in [0.25, 0.3) is 0 Å². The smallest absolute Gasteiger partial charge is 0.238 e. The van der Waals surface area contributed by atoms with E-state index < -0.39 is 10.0 Å². The summed E-state index contributed by atoms with van der Waals surface area (Å²) in [4.78, 5) is 14.5. The van der Waals surface area contributed by atoms with Crippen LogP contribution in [0.2, 0.25) is 0 Å². The highest BCUT2D eigenvalue weighted by atomic mass is 32.2. The van der Waals surface area contributed by atoms with Gasteiger partial charge in [-0.1, -0.05) is 30.3 Å². The Kier molecular flexibility index (Phi) is 6.61. The normalized spacial score (nSPS) is 11.9. The van der Waals surface area contributed by atoms with Crippen molar-refractivity contribution in [1.29, 1.82) is 0 Å². The van der Waals surface area contributed by atoms with Gasteiger partial charge in [-0.05, 0) is 38.5 Å². The lowest BCUT2D eigenvalue weighted by atomic mass is 10.2. The second kappa shape index (κ2) is 8.51. The van der Waals surface area contributed by atoms with Gasteiger partial charge in [0, 0.05) is 12.6 Å². The average Bonchev–Trinajstić information content (AvgIpc) is 2.96. The van der Waals surface area contributed by atoms with Gasteiger partial charge in [0.15, 0.2) is 0 Å². The SMILES string of the molecule is Cc1ccc(CN(Cc2ccccc2)C(=O)CN(C(C)C)S(C)(=O)=O)o1. The fraction of sp³-hybridized carbons (Fsp3) is 0.421. The largest absolute Gasteiger partial charge is 0.464 e. The van der Waals surface area contributed by atoms with E-state index >= 15 is 0 Å². The molecule has 0 aliphatic carbocycles. The van der Waals surface area contributed by atoms with Gasteiger partial charge in [-0.2, -0.15) is 4.31 Å². The molecular weight excluding hydrogens is 352 g/mol. The van der Waals surface area contributed by atoms with Crippen molar-refractivity contribution in [2.45, 2.75) is 39.9 Å². The highest BCUT2D eigenvalue weighted by Crippen LogP contribution is 2.15.